The lowest BCUT2D eigenvalue weighted by molar-refractivity contribution is -0.159. The van der Waals surface area contributed by atoms with Gasteiger partial charge in [-0.1, -0.05) is 6.07 Å². The van der Waals surface area contributed by atoms with Gasteiger partial charge in [0.05, 0.1) is 17.5 Å². The summed E-state index contributed by atoms with van der Waals surface area (Å²) in [5.41, 5.74) is -1.67. The molecule has 0 aliphatic carbocycles. The minimum Gasteiger partial charge on any atom is -0.329 e. The summed E-state index contributed by atoms with van der Waals surface area (Å²) in [6.07, 6.45) is 4.19. The van der Waals surface area contributed by atoms with Crippen molar-refractivity contribution in [3.63, 3.8) is 0 Å². The molecule has 0 N–H and O–H groups in total. The highest BCUT2D eigenvalue weighted by atomic mass is 16.2. The normalized spacial score (nSPS) is 41.4. The third-order valence-electron chi connectivity index (χ3n) is 6.00. The number of amides is 2. The van der Waals surface area contributed by atoms with E-state index >= 15 is 0 Å². The van der Waals surface area contributed by atoms with Crippen LogP contribution >= 0.6 is 0 Å². The van der Waals surface area contributed by atoms with Crippen molar-refractivity contribution in [1.29, 1.82) is 5.26 Å². The molecule has 1 aromatic rings. The van der Waals surface area contributed by atoms with Gasteiger partial charge in [-0.2, -0.15) is 5.26 Å². The zero-order valence-electron chi connectivity index (χ0n) is 13.4. The topological polar surface area (TPSA) is 77.3 Å². The Kier molecular flexibility index (Phi) is 2.41. The molecule has 1 spiro atoms. The average Bonchev–Trinajstić information content (AvgIpc) is 3.01. The van der Waals surface area contributed by atoms with Crippen molar-refractivity contribution < 1.29 is 9.59 Å². The maximum atomic E-state index is 13.1. The van der Waals surface area contributed by atoms with E-state index in [-0.39, 0.29) is 11.8 Å². The van der Waals surface area contributed by atoms with Crippen molar-refractivity contribution in [3.8, 4) is 6.07 Å². The average molecular weight is 310 g/mol. The summed E-state index contributed by atoms with van der Waals surface area (Å²) < 4.78 is 0. The Morgan fingerprint density at radius 1 is 1.30 bits per heavy atom. The van der Waals surface area contributed by atoms with Gasteiger partial charge in [-0.3, -0.25) is 14.6 Å². The van der Waals surface area contributed by atoms with Crippen LogP contribution in [0.2, 0.25) is 0 Å². The first-order valence-corrected chi connectivity index (χ1v) is 7.73. The molecule has 118 valence electrons. The van der Waals surface area contributed by atoms with Crippen LogP contribution in [0.25, 0.3) is 0 Å². The van der Waals surface area contributed by atoms with Crippen LogP contribution in [0.5, 0.6) is 0 Å². The number of rotatable bonds is 1. The predicted molar refractivity (Wildman–Crippen MR) is 80.7 cm³/mol. The molecular weight excluding hydrogens is 292 g/mol. The molecular formula is C17H18N4O2. The van der Waals surface area contributed by atoms with Crippen molar-refractivity contribution in [3.05, 3.63) is 30.1 Å². The minimum absolute atomic E-state index is 0.0486. The molecule has 6 heteroatoms. The highest BCUT2D eigenvalue weighted by Gasteiger charge is 2.77. The summed E-state index contributed by atoms with van der Waals surface area (Å²) in [5, 5.41) is 9.81. The number of hydrogen-bond donors (Lipinski definition) is 0. The molecule has 6 nitrogen and oxygen atoms in total. The molecule has 3 fully saturated rings. The van der Waals surface area contributed by atoms with Gasteiger partial charge in [-0.05, 0) is 25.5 Å². The zero-order chi connectivity index (χ0) is 16.6. The van der Waals surface area contributed by atoms with Crippen molar-refractivity contribution in [2.24, 2.45) is 5.41 Å². The van der Waals surface area contributed by atoms with Gasteiger partial charge in [0.15, 0.2) is 0 Å². The molecule has 3 aliphatic rings. The Hall–Kier alpha value is -2.42. The molecule has 0 aromatic carbocycles. The highest BCUT2D eigenvalue weighted by Crippen LogP contribution is 2.64. The molecule has 0 unspecified atom stereocenters. The number of nitrogens with zero attached hydrogens (tertiary/aromatic N) is 4. The van der Waals surface area contributed by atoms with Gasteiger partial charge in [0, 0.05) is 32.3 Å². The molecule has 3 saturated heterocycles. The van der Waals surface area contributed by atoms with Gasteiger partial charge in [0.1, 0.15) is 11.1 Å². The van der Waals surface area contributed by atoms with Gasteiger partial charge in [0.25, 0.3) is 0 Å². The zero-order valence-corrected chi connectivity index (χ0v) is 13.4. The second-order valence-electron chi connectivity index (χ2n) is 7.42. The van der Waals surface area contributed by atoms with Crippen LogP contribution in [0, 0.1) is 16.7 Å². The van der Waals surface area contributed by atoms with Gasteiger partial charge >= 0.3 is 0 Å². The van der Waals surface area contributed by atoms with E-state index in [0.29, 0.717) is 12.8 Å². The van der Waals surface area contributed by atoms with Crippen LogP contribution in [0.1, 0.15) is 38.3 Å². The Bertz CT molecular complexity index is 773. The van der Waals surface area contributed by atoms with E-state index in [1.807, 2.05) is 19.9 Å². The quantitative estimate of drug-likeness (QED) is 0.782. The Balaban J connectivity index is 1.94. The van der Waals surface area contributed by atoms with Gasteiger partial charge in [-0.25, -0.2) is 0 Å². The van der Waals surface area contributed by atoms with Crippen molar-refractivity contribution in [1.82, 2.24) is 14.8 Å². The first-order valence-electron chi connectivity index (χ1n) is 7.73. The molecule has 2 bridgehead atoms. The monoisotopic (exact) mass is 310 g/mol. The van der Waals surface area contributed by atoms with Crippen molar-refractivity contribution in [2.45, 2.75) is 43.8 Å². The summed E-state index contributed by atoms with van der Waals surface area (Å²) in [7, 11) is 1.69. The number of nitriles is 1. The Morgan fingerprint density at radius 2 is 2.04 bits per heavy atom. The molecule has 23 heavy (non-hydrogen) atoms. The Morgan fingerprint density at radius 3 is 2.65 bits per heavy atom. The number of pyridine rings is 1. The molecule has 4 atom stereocenters. The van der Waals surface area contributed by atoms with Crippen LogP contribution < -0.4 is 0 Å². The van der Waals surface area contributed by atoms with Gasteiger partial charge in [0.2, 0.25) is 11.8 Å². The largest absolute Gasteiger partial charge is 0.329 e. The number of fused-ring (bicyclic) bond motifs is 1. The summed E-state index contributed by atoms with van der Waals surface area (Å²) in [4.78, 5) is 33.4. The molecule has 2 amide bonds. The molecule has 4 rings (SSSR count). The summed E-state index contributed by atoms with van der Waals surface area (Å²) in [6, 6.07) is 5.61. The fourth-order valence-corrected chi connectivity index (χ4v) is 4.89. The number of likely N-dealkylation sites (N-methyl/N-ethyl adjacent to an activating group) is 1. The van der Waals surface area contributed by atoms with E-state index in [1.165, 1.54) is 0 Å². The smallest absolute Gasteiger partial charge is 0.249 e. The fraction of sp³-hybridized carbons (Fsp3) is 0.529. The second-order valence-corrected chi connectivity index (χ2v) is 7.42. The second kappa shape index (κ2) is 3.91. The summed E-state index contributed by atoms with van der Waals surface area (Å²) in [6.45, 7) is 3.66. The fourth-order valence-electron chi connectivity index (χ4n) is 4.89. The van der Waals surface area contributed by atoms with Crippen molar-refractivity contribution >= 4 is 11.8 Å². The third kappa shape index (κ3) is 1.37. The number of piperazine rings is 1. The first-order chi connectivity index (χ1) is 10.8. The van der Waals surface area contributed by atoms with E-state index in [1.54, 1.807) is 35.3 Å². The van der Waals surface area contributed by atoms with E-state index in [9.17, 15) is 14.9 Å². The van der Waals surface area contributed by atoms with E-state index < -0.39 is 22.5 Å². The molecule has 0 radical (unpaired) electrons. The van der Waals surface area contributed by atoms with Crippen LogP contribution in [0.4, 0.5) is 0 Å². The SMILES string of the molecule is CN1C(=O)[C@]23C[C@@](C)(C#N)[C@@H](c4cccnc4)N2C(=O)[C@@]1(C)C3. The van der Waals surface area contributed by atoms with Crippen LogP contribution in [0.15, 0.2) is 24.5 Å². The Labute approximate surface area is 134 Å². The maximum absolute atomic E-state index is 13.1. The molecule has 3 aliphatic heterocycles. The number of carbonyl (C=O) groups is 2. The lowest BCUT2D eigenvalue weighted by atomic mass is 9.76. The number of hydrogen-bond acceptors (Lipinski definition) is 4. The highest BCUT2D eigenvalue weighted by molar-refractivity contribution is 6.07. The summed E-state index contributed by atoms with van der Waals surface area (Å²) in [5.74, 6) is -0.111. The third-order valence-corrected chi connectivity index (χ3v) is 6.00. The van der Waals surface area contributed by atoms with Crippen LogP contribution in [-0.2, 0) is 9.59 Å². The maximum Gasteiger partial charge on any atom is 0.249 e. The van der Waals surface area contributed by atoms with Crippen molar-refractivity contribution in [2.75, 3.05) is 7.05 Å². The lowest BCUT2D eigenvalue weighted by Gasteiger charge is -2.41. The molecule has 1 aromatic heterocycles. The first kappa shape index (κ1) is 14.2. The predicted octanol–water partition coefficient (Wildman–Crippen LogP) is 1.26. The van der Waals surface area contributed by atoms with Gasteiger partial charge < -0.3 is 9.80 Å². The van der Waals surface area contributed by atoms with Gasteiger partial charge in [-0.15, -0.1) is 0 Å². The number of aromatic nitrogens is 1. The van der Waals surface area contributed by atoms with E-state index in [0.717, 1.165) is 5.56 Å². The number of likely N-dealkylation sites (tertiary alicyclic amines) is 1. The molecule has 4 heterocycles. The van der Waals surface area contributed by atoms with E-state index in [2.05, 4.69) is 11.1 Å². The van der Waals surface area contributed by atoms with Crippen LogP contribution in [0.3, 0.4) is 0 Å². The standard InChI is InChI=1S/C17H18N4O2/c1-15(10-18)8-17-9-16(2,20(3)14(17)23)13(22)21(17)12(15)11-5-4-6-19-7-11/h4-7,12H,8-9H2,1-3H3/t12-,15+,16-,17-/m1/s1. The minimum atomic E-state index is -0.883. The van der Waals surface area contributed by atoms with Crippen LogP contribution in [-0.4, -0.2) is 44.7 Å². The molecule has 0 saturated carbocycles. The lowest BCUT2D eigenvalue weighted by Crippen LogP contribution is -2.60. The number of carbonyl (C=O) groups excluding carboxylic acids is 2. The summed E-state index contributed by atoms with van der Waals surface area (Å²) >= 11 is 0. The van der Waals surface area contributed by atoms with E-state index in [4.69, 9.17) is 0 Å².